The molecule has 0 saturated carbocycles. The molecule has 2 rings (SSSR count). The van der Waals surface area contributed by atoms with Gasteiger partial charge in [-0.1, -0.05) is 17.7 Å². The average Bonchev–Trinajstić information content (AvgIpc) is 2.51. The number of amides is 1. The minimum Gasteiger partial charge on any atom is -0.506 e. The Kier molecular flexibility index (Phi) is 6.52. The van der Waals surface area contributed by atoms with Gasteiger partial charge in [0.1, 0.15) is 5.75 Å². The molecule has 1 atom stereocenters. The van der Waals surface area contributed by atoms with Gasteiger partial charge in [0.25, 0.3) is 0 Å². The van der Waals surface area contributed by atoms with Gasteiger partial charge in [-0.15, -0.1) is 0 Å². The number of methoxy groups -OCH3 is 1. The number of hydrogen-bond acceptors (Lipinski definition) is 3. The fraction of sp³-hybridized carbons (Fsp3) is 0.588. The van der Waals surface area contributed by atoms with E-state index < -0.39 is 0 Å². The second-order valence-corrected chi connectivity index (χ2v) is 6.35. The molecule has 122 valence electrons. The van der Waals surface area contributed by atoms with Crippen LogP contribution in [0.25, 0.3) is 0 Å². The molecule has 1 aromatic rings. The Bertz CT molecular complexity index is 507. The lowest BCUT2D eigenvalue weighted by Crippen LogP contribution is -2.40. The number of phenolic OH excluding ortho intramolecular Hbond substituents is 1. The number of phenols is 1. The molecule has 1 aliphatic rings. The van der Waals surface area contributed by atoms with E-state index in [1.54, 1.807) is 19.2 Å². The molecule has 22 heavy (non-hydrogen) atoms. The number of rotatable bonds is 6. The lowest BCUT2D eigenvalue weighted by molar-refractivity contribution is -0.132. The lowest BCUT2D eigenvalue weighted by atomic mass is 9.93. The van der Waals surface area contributed by atoms with Crippen molar-refractivity contribution in [1.29, 1.82) is 0 Å². The number of carbonyl (C=O) groups excluding carboxylic acids is 1. The molecule has 0 radical (unpaired) electrons. The number of nitrogens with zero attached hydrogens (tertiary/aromatic N) is 1. The van der Waals surface area contributed by atoms with Crippen molar-refractivity contribution < 1.29 is 14.6 Å². The molecule has 1 N–H and O–H groups in total. The third-order valence-corrected chi connectivity index (χ3v) is 4.50. The number of piperidine rings is 1. The van der Waals surface area contributed by atoms with E-state index >= 15 is 0 Å². The van der Waals surface area contributed by atoms with Gasteiger partial charge in [0.2, 0.25) is 5.91 Å². The highest BCUT2D eigenvalue weighted by Crippen LogP contribution is 2.25. The smallest absolute Gasteiger partial charge is 0.226 e. The maximum absolute atomic E-state index is 12.4. The molecule has 5 heteroatoms. The molecule has 4 nitrogen and oxygen atoms in total. The van der Waals surface area contributed by atoms with Crippen LogP contribution in [-0.4, -0.2) is 42.7 Å². The van der Waals surface area contributed by atoms with E-state index in [0.29, 0.717) is 17.4 Å². The van der Waals surface area contributed by atoms with Gasteiger partial charge in [-0.25, -0.2) is 0 Å². The van der Waals surface area contributed by atoms with E-state index in [4.69, 9.17) is 16.3 Å². The first-order valence-electron chi connectivity index (χ1n) is 7.84. The van der Waals surface area contributed by atoms with Gasteiger partial charge in [0, 0.05) is 26.8 Å². The molecule has 1 heterocycles. The Labute approximate surface area is 137 Å². The van der Waals surface area contributed by atoms with Crippen LogP contribution in [-0.2, 0) is 16.0 Å². The summed E-state index contributed by atoms with van der Waals surface area (Å²) in [5.41, 5.74) is 0.842. The van der Waals surface area contributed by atoms with Crippen molar-refractivity contribution in [3.8, 4) is 5.75 Å². The molecular weight excluding hydrogens is 302 g/mol. The van der Waals surface area contributed by atoms with Crippen LogP contribution in [0, 0.1) is 5.92 Å². The summed E-state index contributed by atoms with van der Waals surface area (Å²) >= 11 is 5.89. The molecule has 0 bridgehead atoms. The van der Waals surface area contributed by atoms with Gasteiger partial charge in [0.05, 0.1) is 11.4 Å². The van der Waals surface area contributed by atoms with Gasteiger partial charge < -0.3 is 14.7 Å². The van der Waals surface area contributed by atoms with Gasteiger partial charge in [-0.05, 0) is 49.3 Å². The highest BCUT2D eigenvalue weighted by Gasteiger charge is 2.23. The van der Waals surface area contributed by atoms with Crippen molar-refractivity contribution in [2.24, 2.45) is 5.92 Å². The van der Waals surface area contributed by atoms with Crippen molar-refractivity contribution in [2.75, 3.05) is 26.8 Å². The van der Waals surface area contributed by atoms with Crippen molar-refractivity contribution in [1.82, 2.24) is 4.90 Å². The minimum absolute atomic E-state index is 0.0500. The van der Waals surface area contributed by atoms with Crippen molar-refractivity contribution >= 4 is 17.5 Å². The van der Waals surface area contributed by atoms with Gasteiger partial charge in [-0.2, -0.15) is 0 Å². The SMILES string of the molecule is COCCCC1CCCN(C(=O)Cc2ccc(O)c(Cl)c2)C1. The molecule has 1 fully saturated rings. The zero-order chi connectivity index (χ0) is 15.9. The number of ether oxygens (including phenoxy) is 1. The topological polar surface area (TPSA) is 49.8 Å². The first-order valence-corrected chi connectivity index (χ1v) is 8.22. The summed E-state index contributed by atoms with van der Waals surface area (Å²) in [4.78, 5) is 14.4. The summed E-state index contributed by atoms with van der Waals surface area (Å²) in [5, 5.41) is 9.72. The average molecular weight is 326 g/mol. The number of likely N-dealkylation sites (tertiary alicyclic amines) is 1. The fourth-order valence-electron chi connectivity index (χ4n) is 2.99. The summed E-state index contributed by atoms with van der Waals surface area (Å²) in [5.74, 6) is 0.767. The summed E-state index contributed by atoms with van der Waals surface area (Å²) < 4.78 is 5.09. The Balaban J connectivity index is 1.87. The van der Waals surface area contributed by atoms with E-state index in [1.165, 1.54) is 12.5 Å². The maximum atomic E-state index is 12.4. The molecule has 1 aromatic carbocycles. The number of hydrogen-bond donors (Lipinski definition) is 1. The summed E-state index contributed by atoms with van der Waals surface area (Å²) in [7, 11) is 1.72. The number of aromatic hydroxyl groups is 1. The zero-order valence-corrected chi connectivity index (χ0v) is 13.8. The molecular formula is C17H24ClNO3. The Morgan fingerprint density at radius 1 is 1.50 bits per heavy atom. The van der Waals surface area contributed by atoms with Crippen molar-refractivity contribution in [2.45, 2.75) is 32.1 Å². The van der Waals surface area contributed by atoms with Crippen molar-refractivity contribution in [3.05, 3.63) is 28.8 Å². The van der Waals surface area contributed by atoms with Gasteiger partial charge >= 0.3 is 0 Å². The van der Waals surface area contributed by atoms with Crippen LogP contribution >= 0.6 is 11.6 Å². The predicted molar refractivity (Wildman–Crippen MR) is 87.2 cm³/mol. The van der Waals surface area contributed by atoms with Crippen LogP contribution in [0.4, 0.5) is 0 Å². The highest BCUT2D eigenvalue weighted by atomic mass is 35.5. The number of carbonyl (C=O) groups is 1. The fourth-order valence-corrected chi connectivity index (χ4v) is 3.19. The van der Waals surface area contributed by atoms with Crippen LogP contribution in [0.15, 0.2) is 18.2 Å². The molecule has 0 aliphatic carbocycles. The van der Waals surface area contributed by atoms with Crippen LogP contribution in [0.3, 0.4) is 0 Å². The number of halogens is 1. The monoisotopic (exact) mass is 325 g/mol. The first-order chi connectivity index (χ1) is 10.6. The lowest BCUT2D eigenvalue weighted by Gasteiger charge is -2.33. The standard InChI is InChI=1S/C17H24ClNO3/c1-22-9-3-5-13-4-2-8-19(12-13)17(21)11-14-6-7-16(20)15(18)10-14/h6-7,10,13,20H,2-5,8-9,11-12H2,1H3. The highest BCUT2D eigenvalue weighted by molar-refractivity contribution is 6.32. The quantitative estimate of drug-likeness (QED) is 0.817. The van der Waals surface area contributed by atoms with Gasteiger partial charge in [-0.3, -0.25) is 4.79 Å². The Hall–Kier alpha value is -1.26. The van der Waals surface area contributed by atoms with Crippen LogP contribution in [0.5, 0.6) is 5.75 Å². The summed E-state index contributed by atoms with van der Waals surface area (Å²) in [6.45, 7) is 2.47. The second kappa shape index (κ2) is 8.39. The van der Waals surface area contributed by atoms with Crippen LogP contribution < -0.4 is 0 Å². The first kappa shape index (κ1) is 17.1. The third kappa shape index (κ3) is 4.89. The third-order valence-electron chi connectivity index (χ3n) is 4.20. The van der Waals surface area contributed by atoms with Crippen LogP contribution in [0.1, 0.15) is 31.2 Å². The molecule has 1 amide bonds. The van der Waals surface area contributed by atoms with E-state index in [2.05, 4.69) is 0 Å². The summed E-state index contributed by atoms with van der Waals surface area (Å²) in [6, 6.07) is 4.95. The van der Waals surface area contributed by atoms with E-state index in [1.807, 2.05) is 4.90 Å². The molecule has 1 unspecified atom stereocenters. The minimum atomic E-state index is 0.0500. The molecule has 0 spiro atoms. The van der Waals surface area contributed by atoms with E-state index in [9.17, 15) is 9.90 Å². The molecule has 0 aromatic heterocycles. The number of benzene rings is 1. The zero-order valence-electron chi connectivity index (χ0n) is 13.1. The maximum Gasteiger partial charge on any atom is 0.226 e. The van der Waals surface area contributed by atoms with Crippen molar-refractivity contribution in [3.63, 3.8) is 0 Å². The Morgan fingerprint density at radius 2 is 2.32 bits per heavy atom. The normalized spacial score (nSPS) is 18.5. The molecule has 1 saturated heterocycles. The predicted octanol–water partition coefficient (Wildman–Crippen LogP) is 3.25. The Morgan fingerprint density at radius 3 is 3.05 bits per heavy atom. The molecule has 1 aliphatic heterocycles. The van der Waals surface area contributed by atoms with E-state index in [-0.39, 0.29) is 11.7 Å². The summed E-state index contributed by atoms with van der Waals surface area (Å²) in [6.07, 6.45) is 4.77. The van der Waals surface area contributed by atoms with Crippen LogP contribution in [0.2, 0.25) is 5.02 Å². The second-order valence-electron chi connectivity index (χ2n) is 5.95. The largest absolute Gasteiger partial charge is 0.506 e. The van der Waals surface area contributed by atoms with E-state index in [0.717, 1.165) is 44.5 Å². The van der Waals surface area contributed by atoms with Gasteiger partial charge in [0.15, 0.2) is 0 Å².